The zero-order valence-electron chi connectivity index (χ0n) is 27.9. The maximum absolute atomic E-state index is 14.2. The number of benzene rings is 1. The van der Waals surface area contributed by atoms with Crippen LogP contribution in [0.4, 0.5) is 0 Å². The maximum Gasteiger partial charge on any atom is 0.337 e. The molecule has 3 aliphatic rings. The second-order valence-corrected chi connectivity index (χ2v) is 13.9. The van der Waals surface area contributed by atoms with Gasteiger partial charge in [-0.1, -0.05) is 44.2 Å². The molecule has 1 saturated carbocycles. The molecule has 252 valence electrons. The quantitative estimate of drug-likeness (QED) is 0.228. The summed E-state index contributed by atoms with van der Waals surface area (Å²) in [5, 5.41) is 34.4. The third kappa shape index (κ3) is 6.69. The molecular formula is C35H47NO10. The zero-order chi connectivity index (χ0) is 34.3. The molecular weight excluding hydrogens is 594 g/mol. The number of likely N-dealkylation sites (N-methyl/N-ethyl adjacent to an activating group) is 1. The van der Waals surface area contributed by atoms with E-state index in [4.69, 9.17) is 14.2 Å². The zero-order valence-corrected chi connectivity index (χ0v) is 27.9. The van der Waals surface area contributed by atoms with Gasteiger partial charge < -0.3 is 29.5 Å². The van der Waals surface area contributed by atoms with Crippen LogP contribution in [0.25, 0.3) is 0 Å². The number of carbonyl (C=O) groups is 4. The number of rotatable bonds is 7. The summed E-state index contributed by atoms with van der Waals surface area (Å²) in [7, 11) is 3.46. The van der Waals surface area contributed by atoms with Crippen LogP contribution < -0.4 is 0 Å². The normalized spacial score (nSPS) is 33.3. The molecule has 1 aromatic rings. The summed E-state index contributed by atoms with van der Waals surface area (Å²) < 4.78 is 17.4. The summed E-state index contributed by atoms with van der Waals surface area (Å²) >= 11 is 0. The molecule has 5 unspecified atom stereocenters. The monoisotopic (exact) mass is 641 g/mol. The topological polar surface area (TPSA) is 160 Å². The van der Waals surface area contributed by atoms with Gasteiger partial charge in [0, 0.05) is 26.2 Å². The third-order valence-corrected chi connectivity index (χ3v) is 10.1. The number of carbonyl (C=O) groups excluding carboxylic acids is 4. The van der Waals surface area contributed by atoms with Crippen molar-refractivity contribution in [2.75, 3.05) is 14.1 Å². The molecule has 0 spiro atoms. The Morgan fingerprint density at radius 1 is 0.935 bits per heavy atom. The van der Waals surface area contributed by atoms with E-state index in [-0.39, 0.29) is 19.3 Å². The van der Waals surface area contributed by atoms with Gasteiger partial charge in [-0.25, -0.2) is 4.79 Å². The fraction of sp³-hybridized carbons (Fsp3) is 0.600. The number of aliphatic hydroxyl groups is 3. The van der Waals surface area contributed by atoms with Crippen molar-refractivity contribution < 1.29 is 48.7 Å². The molecule has 0 aliphatic heterocycles. The Labute approximate surface area is 270 Å². The molecule has 0 heterocycles. The predicted molar refractivity (Wildman–Crippen MR) is 167 cm³/mol. The van der Waals surface area contributed by atoms with Crippen molar-refractivity contribution >= 4 is 23.7 Å². The molecule has 4 bridgehead atoms. The molecule has 0 saturated heterocycles. The van der Waals surface area contributed by atoms with Gasteiger partial charge in [0.05, 0.1) is 17.6 Å². The molecule has 11 heteroatoms. The molecule has 4 rings (SSSR count). The van der Waals surface area contributed by atoms with E-state index in [2.05, 4.69) is 0 Å². The fourth-order valence-electron chi connectivity index (χ4n) is 7.67. The van der Waals surface area contributed by atoms with Gasteiger partial charge in [-0.2, -0.15) is 0 Å². The number of ether oxygens (including phenoxy) is 3. The van der Waals surface area contributed by atoms with Gasteiger partial charge in [0.15, 0.2) is 11.9 Å². The summed E-state index contributed by atoms with van der Waals surface area (Å²) in [6.07, 6.45) is -5.77. The molecule has 3 N–H and O–H groups in total. The van der Waals surface area contributed by atoms with Crippen molar-refractivity contribution in [1.29, 1.82) is 0 Å². The van der Waals surface area contributed by atoms with Gasteiger partial charge in [-0.05, 0) is 74.6 Å². The number of ketones is 1. The first-order valence-corrected chi connectivity index (χ1v) is 15.7. The highest BCUT2D eigenvalue weighted by Gasteiger charge is 2.56. The third-order valence-electron chi connectivity index (χ3n) is 10.1. The highest BCUT2D eigenvalue weighted by molar-refractivity contribution is 5.92. The standard InChI is InChI=1S/C35H47NO10/c1-18-24(44-19(2)37)15-23-26(45-20(3)38)14-22-17-35(6,32(42)30(40)28(18)34(23,4)5)27(39)16-25(22)46-33(43)31(41)29(36(7)8)21-12-10-9-11-13-21/h9-14,23-27,29-31,39-41H,15-17H2,1-8H3/b22-14+/t23-,24?,25?,26?,27?,29-,30?,31-,35-/m0/s1. The Hall–Kier alpha value is -3.38. The minimum absolute atomic E-state index is 0.0987. The van der Waals surface area contributed by atoms with Crippen LogP contribution in [0.15, 0.2) is 53.1 Å². The SMILES string of the molecule is CC(=O)OC1C[C@H]2C(OC(C)=O)/C=C3\C[C@](C)(C(=O)C(O)C(=C1C)C2(C)C)C(O)CC3OC(=O)[C@@H](O)[C@H](c1ccccc1)N(C)C. The average Bonchev–Trinajstić information content (AvgIpc) is 2.95. The van der Waals surface area contributed by atoms with Gasteiger partial charge in [-0.15, -0.1) is 0 Å². The van der Waals surface area contributed by atoms with Crippen molar-refractivity contribution in [2.24, 2.45) is 16.7 Å². The average molecular weight is 642 g/mol. The Morgan fingerprint density at radius 2 is 1.54 bits per heavy atom. The fourth-order valence-corrected chi connectivity index (χ4v) is 7.67. The first-order chi connectivity index (χ1) is 21.4. The van der Waals surface area contributed by atoms with E-state index in [9.17, 15) is 34.5 Å². The van der Waals surface area contributed by atoms with Crippen molar-refractivity contribution in [3.8, 4) is 0 Å². The summed E-state index contributed by atoms with van der Waals surface area (Å²) in [4.78, 5) is 54.0. The molecule has 1 aromatic carbocycles. The van der Waals surface area contributed by atoms with Crippen LogP contribution in [0.3, 0.4) is 0 Å². The lowest BCUT2D eigenvalue weighted by Gasteiger charge is -2.51. The highest BCUT2D eigenvalue weighted by Crippen LogP contribution is 2.53. The predicted octanol–water partition coefficient (Wildman–Crippen LogP) is 2.82. The number of hydrogen-bond donors (Lipinski definition) is 3. The summed E-state index contributed by atoms with van der Waals surface area (Å²) in [6.45, 7) is 9.47. The smallest absolute Gasteiger partial charge is 0.337 e. The Morgan fingerprint density at radius 3 is 2.11 bits per heavy atom. The van der Waals surface area contributed by atoms with Gasteiger partial charge in [0.25, 0.3) is 0 Å². The van der Waals surface area contributed by atoms with Crippen LogP contribution >= 0.6 is 0 Å². The summed E-state index contributed by atoms with van der Waals surface area (Å²) in [6, 6.07) is 8.28. The highest BCUT2D eigenvalue weighted by atomic mass is 16.6. The molecule has 1 fully saturated rings. The number of esters is 3. The van der Waals surface area contributed by atoms with E-state index in [1.165, 1.54) is 13.8 Å². The van der Waals surface area contributed by atoms with Crippen LogP contribution in [0, 0.1) is 16.7 Å². The number of aliphatic hydroxyl groups excluding tert-OH is 3. The second-order valence-electron chi connectivity index (χ2n) is 13.9. The molecule has 0 aromatic heterocycles. The van der Waals surface area contributed by atoms with E-state index in [1.807, 2.05) is 19.9 Å². The minimum atomic E-state index is -1.65. The van der Waals surface area contributed by atoms with Gasteiger partial charge in [0.2, 0.25) is 0 Å². The van der Waals surface area contributed by atoms with Crippen molar-refractivity contribution in [3.05, 3.63) is 58.7 Å². The van der Waals surface area contributed by atoms with Gasteiger partial charge in [0.1, 0.15) is 24.4 Å². The molecule has 46 heavy (non-hydrogen) atoms. The van der Waals surface area contributed by atoms with E-state index < -0.39 is 83.1 Å². The largest absolute Gasteiger partial charge is 0.458 e. The maximum atomic E-state index is 14.2. The Balaban J connectivity index is 1.82. The molecule has 3 aliphatic carbocycles. The first kappa shape index (κ1) is 35.5. The van der Waals surface area contributed by atoms with Crippen LogP contribution in [0.1, 0.15) is 72.4 Å². The van der Waals surface area contributed by atoms with Crippen LogP contribution in [0.5, 0.6) is 0 Å². The van der Waals surface area contributed by atoms with Crippen LogP contribution in [0.2, 0.25) is 0 Å². The van der Waals surface area contributed by atoms with Gasteiger partial charge in [-0.3, -0.25) is 19.3 Å². The lowest BCUT2D eigenvalue weighted by Crippen LogP contribution is -2.56. The Bertz CT molecular complexity index is 1420. The molecule has 11 nitrogen and oxygen atoms in total. The number of hydrogen-bond acceptors (Lipinski definition) is 11. The molecule has 0 amide bonds. The van der Waals surface area contributed by atoms with Crippen LogP contribution in [-0.4, -0.2) is 94.6 Å². The van der Waals surface area contributed by atoms with Crippen LogP contribution in [-0.2, 0) is 33.4 Å². The minimum Gasteiger partial charge on any atom is -0.458 e. The van der Waals surface area contributed by atoms with Crippen molar-refractivity contribution in [2.45, 2.75) is 103 Å². The first-order valence-electron chi connectivity index (χ1n) is 15.7. The summed E-state index contributed by atoms with van der Waals surface area (Å²) in [5.41, 5.74) is -0.440. The number of fused-ring (bicyclic) bond motifs is 4. The lowest BCUT2D eigenvalue weighted by atomic mass is 9.57. The molecule has 9 atom stereocenters. The number of Topliss-reactive ketones (excluding diaryl/α,β-unsaturated/α-hetero) is 1. The molecule has 0 radical (unpaired) electrons. The van der Waals surface area contributed by atoms with Crippen molar-refractivity contribution in [1.82, 2.24) is 4.90 Å². The Kier molecular flexibility index (Phi) is 10.3. The number of nitrogens with zero attached hydrogens (tertiary/aromatic N) is 1. The van der Waals surface area contributed by atoms with E-state index in [0.717, 1.165) is 0 Å². The van der Waals surface area contributed by atoms with Gasteiger partial charge >= 0.3 is 17.9 Å². The van der Waals surface area contributed by atoms with E-state index in [0.29, 0.717) is 22.3 Å². The summed E-state index contributed by atoms with van der Waals surface area (Å²) in [5.74, 6) is -3.24. The lowest BCUT2D eigenvalue weighted by molar-refractivity contribution is -0.167. The van der Waals surface area contributed by atoms with E-state index in [1.54, 1.807) is 63.2 Å². The van der Waals surface area contributed by atoms with Crippen molar-refractivity contribution in [3.63, 3.8) is 0 Å². The second kappa shape index (κ2) is 13.4. The van der Waals surface area contributed by atoms with E-state index >= 15 is 0 Å².